The molecule has 0 aliphatic heterocycles. The summed E-state index contributed by atoms with van der Waals surface area (Å²) in [5.41, 5.74) is 2.32. The third-order valence-corrected chi connectivity index (χ3v) is 3.40. The molecule has 16 heavy (non-hydrogen) atoms. The monoisotopic (exact) mass is 214 g/mol. The van der Waals surface area contributed by atoms with Crippen LogP contribution in [0.4, 0.5) is 0 Å². The van der Waals surface area contributed by atoms with Gasteiger partial charge in [-0.2, -0.15) is 0 Å². The Morgan fingerprint density at radius 3 is 2.75 bits per heavy atom. The Labute approximate surface area is 94.5 Å². The third kappa shape index (κ3) is 1.23. The van der Waals surface area contributed by atoms with E-state index in [4.69, 9.17) is 4.74 Å². The largest absolute Gasteiger partial charge is 0.496 e. The number of rotatable bonds is 1. The fraction of sp³-hybridized carbons (Fsp3) is 0.286. The minimum Gasteiger partial charge on any atom is -0.496 e. The van der Waals surface area contributed by atoms with Gasteiger partial charge in [-0.15, -0.1) is 0 Å². The second-order valence-electron chi connectivity index (χ2n) is 4.25. The molecular formula is C14H14O2. The van der Waals surface area contributed by atoms with Crippen molar-refractivity contribution in [1.82, 2.24) is 0 Å². The highest BCUT2D eigenvalue weighted by atomic mass is 16.5. The topological polar surface area (TPSA) is 29.5 Å². The minimum absolute atomic E-state index is 0.325. The summed E-state index contributed by atoms with van der Waals surface area (Å²) in [6.07, 6.45) is 1.46. The molecule has 0 bridgehead atoms. The Morgan fingerprint density at radius 2 is 2.00 bits per heavy atom. The molecule has 0 amide bonds. The van der Waals surface area contributed by atoms with E-state index in [1.54, 1.807) is 7.11 Å². The number of benzene rings is 2. The molecule has 1 aliphatic carbocycles. The first-order chi connectivity index (χ1) is 7.81. The van der Waals surface area contributed by atoms with Crippen LogP contribution in [0, 0.1) is 0 Å². The number of methoxy groups -OCH3 is 1. The zero-order valence-electron chi connectivity index (χ0n) is 9.23. The number of aliphatic hydroxyl groups excluding tert-OH is 1. The van der Waals surface area contributed by atoms with Crippen LogP contribution in [0.3, 0.4) is 0 Å². The highest BCUT2D eigenvalue weighted by molar-refractivity contribution is 5.92. The molecule has 1 N–H and O–H groups in total. The predicted molar refractivity (Wildman–Crippen MR) is 63.8 cm³/mol. The van der Waals surface area contributed by atoms with Crippen LogP contribution in [0.1, 0.15) is 23.7 Å². The predicted octanol–water partition coefficient (Wildman–Crippen LogP) is 2.83. The Balaban J connectivity index is 2.39. The van der Waals surface area contributed by atoms with Crippen LogP contribution in [-0.2, 0) is 6.42 Å². The van der Waals surface area contributed by atoms with Gasteiger partial charge in [-0.25, -0.2) is 0 Å². The molecule has 2 heteroatoms. The van der Waals surface area contributed by atoms with E-state index >= 15 is 0 Å². The fourth-order valence-corrected chi connectivity index (χ4v) is 2.60. The van der Waals surface area contributed by atoms with Crippen molar-refractivity contribution in [1.29, 1.82) is 0 Å². The van der Waals surface area contributed by atoms with Crippen LogP contribution in [0.25, 0.3) is 10.8 Å². The van der Waals surface area contributed by atoms with Gasteiger partial charge < -0.3 is 9.84 Å². The van der Waals surface area contributed by atoms with Crippen molar-refractivity contribution in [2.45, 2.75) is 18.9 Å². The van der Waals surface area contributed by atoms with Gasteiger partial charge in [0.15, 0.2) is 0 Å². The number of aryl methyl sites for hydroxylation is 1. The van der Waals surface area contributed by atoms with E-state index in [1.165, 1.54) is 10.9 Å². The third-order valence-electron chi connectivity index (χ3n) is 3.40. The van der Waals surface area contributed by atoms with Gasteiger partial charge in [0.05, 0.1) is 13.2 Å². The second kappa shape index (κ2) is 3.49. The van der Waals surface area contributed by atoms with E-state index in [1.807, 2.05) is 18.2 Å². The molecule has 0 aromatic heterocycles. The van der Waals surface area contributed by atoms with Crippen molar-refractivity contribution in [3.05, 3.63) is 41.5 Å². The lowest BCUT2D eigenvalue weighted by molar-refractivity contribution is 0.179. The van der Waals surface area contributed by atoms with Gasteiger partial charge in [0.2, 0.25) is 0 Å². The van der Waals surface area contributed by atoms with Crippen LogP contribution in [0.5, 0.6) is 5.75 Å². The van der Waals surface area contributed by atoms with E-state index in [0.29, 0.717) is 0 Å². The van der Waals surface area contributed by atoms with Crippen LogP contribution in [0.15, 0.2) is 30.3 Å². The molecule has 0 heterocycles. The van der Waals surface area contributed by atoms with Gasteiger partial charge in [-0.05, 0) is 35.4 Å². The van der Waals surface area contributed by atoms with Crippen LogP contribution in [-0.4, -0.2) is 12.2 Å². The summed E-state index contributed by atoms with van der Waals surface area (Å²) in [7, 11) is 1.68. The van der Waals surface area contributed by atoms with Gasteiger partial charge in [-0.3, -0.25) is 0 Å². The zero-order chi connectivity index (χ0) is 11.1. The molecule has 1 aliphatic rings. The van der Waals surface area contributed by atoms with Crippen molar-refractivity contribution in [2.24, 2.45) is 0 Å². The van der Waals surface area contributed by atoms with Gasteiger partial charge in [-0.1, -0.05) is 24.3 Å². The first-order valence-corrected chi connectivity index (χ1v) is 5.58. The Bertz CT molecular complexity index is 546. The highest BCUT2D eigenvalue weighted by Crippen LogP contribution is 2.40. The summed E-state index contributed by atoms with van der Waals surface area (Å²) in [5, 5.41) is 12.3. The quantitative estimate of drug-likeness (QED) is 0.791. The Kier molecular flexibility index (Phi) is 2.11. The molecule has 3 rings (SSSR count). The first-order valence-electron chi connectivity index (χ1n) is 5.58. The summed E-state index contributed by atoms with van der Waals surface area (Å²) in [4.78, 5) is 0. The van der Waals surface area contributed by atoms with Gasteiger partial charge in [0.1, 0.15) is 5.75 Å². The minimum atomic E-state index is -0.325. The molecule has 0 fully saturated rings. The lowest BCUT2D eigenvalue weighted by atomic mass is 9.99. The summed E-state index contributed by atoms with van der Waals surface area (Å²) in [5.74, 6) is 0.857. The normalized spacial score (nSPS) is 18.8. The molecule has 82 valence electrons. The SMILES string of the molecule is COc1cc2c(c3ccccc13)CCC2O. The molecule has 1 unspecified atom stereocenters. The fourth-order valence-electron chi connectivity index (χ4n) is 2.60. The average Bonchev–Trinajstić information content (AvgIpc) is 2.70. The van der Waals surface area contributed by atoms with E-state index in [0.717, 1.165) is 29.5 Å². The average molecular weight is 214 g/mol. The Hall–Kier alpha value is -1.54. The number of aliphatic hydroxyl groups is 1. The summed E-state index contributed by atoms with van der Waals surface area (Å²) >= 11 is 0. The van der Waals surface area contributed by atoms with Crippen LogP contribution >= 0.6 is 0 Å². The molecule has 1 atom stereocenters. The van der Waals surface area contributed by atoms with E-state index in [-0.39, 0.29) is 6.10 Å². The number of hydrogen-bond acceptors (Lipinski definition) is 2. The van der Waals surface area contributed by atoms with Crippen molar-refractivity contribution in [2.75, 3.05) is 7.11 Å². The molecule has 0 radical (unpaired) electrons. The molecular weight excluding hydrogens is 200 g/mol. The molecule has 0 spiro atoms. The summed E-state index contributed by atoms with van der Waals surface area (Å²) in [6.45, 7) is 0. The molecule has 2 aromatic carbocycles. The summed E-state index contributed by atoms with van der Waals surface area (Å²) < 4.78 is 5.39. The van der Waals surface area contributed by atoms with Crippen molar-refractivity contribution >= 4 is 10.8 Å². The van der Waals surface area contributed by atoms with Gasteiger partial charge in [0.25, 0.3) is 0 Å². The molecule has 2 aromatic rings. The van der Waals surface area contributed by atoms with E-state index < -0.39 is 0 Å². The standard InChI is InChI=1S/C14H14O2/c1-16-14-8-12-10(6-7-13(12)15)9-4-2-3-5-11(9)14/h2-5,8,13,15H,6-7H2,1H3. The van der Waals surface area contributed by atoms with Crippen LogP contribution < -0.4 is 4.74 Å². The number of ether oxygens (including phenoxy) is 1. The van der Waals surface area contributed by atoms with Crippen molar-refractivity contribution in [3.63, 3.8) is 0 Å². The van der Waals surface area contributed by atoms with Gasteiger partial charge in [0, 0.05) is 5.39 Å². The number of hydrogen-bond donors (Lipinski definition) is 1. The maximum Gasteiger partial charge on any atom is 0.127 e. The van der Waals surface area contributed by atoms with Crippen molar-refractivity contribution in [3.8, 4) is 5.75 Å². The van der Waals surface area contributed by atoms with Crippen LogP contribution in [0.2, 0.25) is 0 Å². The molecule has 0 saturated carbocycles. The molecule has 2 nitrogen and oxygen atoms in total. The smallest absolute Gasteiger partial charge is 0.127 e. The highest BCUT2D eigenvalue weighted by Gasteiger charge is 2.23. The first kappa shape index (κ1) is 9.67. The second-order valence-corrected chi connectivity index (χ2v) is 4.25. The van der Waals surface area contributed by atoms with Gasteiger partial charge >= 0.3 is 0 Å². The number of fused-ring (bicyclic) bond motifs is 3. The lowest BCUT2D eigenvalue weighted by Gasteiger charge is -2.11. The maximum absolute atomic E-state index is 9.91. The lowest BCUT2D eigenvalue weighted by Crippen LogP contribution is -1.94. The van der Waals surface area contributed by atoms with E-state index in [2.05, 4.69) is 12.1 Å². The molecule has 0 saturated heterocycles. The summed E-state index contributed by atoms with van der Waals surface area (Å²) in [6, 6.07) is 10.2. The maximum atomic E-state index is 9.91. The van der Waals surface area contributed by atoms with Crippen molar-refractivity contribution < 1.29 is 9.84 Å². The Morgan fingerprint density at radius 1 is 1.25 bits per heavy atom. The zero-order valence-corrected chi connectivity index (χ0v) is 9.23. The van der Waals surface area contributed by atoms with E-state index in [9.17, 15) is 5.11 Å².